The Kier molecular flexibility index (Phi) is 6.92. The van der Waals surface area contributed by atoms with E-state index in [4.69, 9.17) is 5.73 Å². The van der Waals surface area contributed by atoms with E-state index in [1.807, 2.05) is 6.92 Å². The summed E-state index contributed by atoms with van der Waals surface area (Å²) in [5, 5.41) is 13.4. The van der Waals surface area contributed by atoms with Crippen molar-refractivity contribution in [2.75, 3.05) is 6.54 Å². The fraction of sp³-hybridized carbons (Fsp3) is 0.364. The van der Waals surface area contributed by atoms with E-state index in [9.17, 15) is 14.9 Å². The van der Waals surface area contributed by atoms with Gasteiger partial charge in [-0.15, -0.1) is 12.4 Å². The molecule has 1 atom stereocenters. The summed E-state index contributed by atoms with van der Waals surface area (Å²) >= 11 is 0. The van der Waals surface area contributed by atoms with Crippen LogP contribution in [0.4, 0.5) is 5.69 Å². The number of carbonyl (C=O) groups excluding carboxylic acids is 1. The number of hydrogen-bond acceptors (Lipinski definition) is 4. The molecule has 1 amide bonds. The molecule has 0 saturated carbocycles. The van der Waals surface area contributed by atoms with Crippen LogP contribution in [0.5, 0.6) is 0 Å². The minimum atomic E-state index is -0.457. The van der Waals surface area contributed by atoms with E-state index in [-0.39, 0.29) is 36.6 Å². The molecule has 7 heteroatoms. The molecule has 1 aromatic rings. The quantitative estimate of drug-likeness (QED) is 0.628. The van der Waals surface area contributed by atoms with Crippen molar-refractivity contribution in [1.82, 2.24) is 5.32 Å². The number of carbonyl (C=O) groups is 1. The highest BCUT2D eigenvalue weighted by Crippen LogP contribution is 2.21. The van der Waals surface area contributed by atoms with Crippen LogP contribution in [0, 0.1) is 10.1 Å². The van der Waals surface area contributed by atoms with Crippen LogP contribution in [0.1, 0.15) is 24.9 Å². The molecule has 0 heterocycles. The molecule has 0 radical (unpaired) electrons. The molecule has 0 aliphatic rings. The summed E-state index contributed by atoms with van der Waals surface area (Å²) in [5.74, 6) is -0.275. The van der Waals surface area contributed by atoms with Gasteiger partial charge in [-0.05, 0) is 12.0 Å². The van der Waals surface area contributed by atoms with Gasteiger partial charge in [-0.2, -0.15) is 0 Å². The van der Waals surface area contributed by atoms with Crippen LogP contribution in [0.15, 0.2) is 24.3 Å². The molecule has 0 saturated heterocycles. The largest absolute Gasteiger partial charge is 0.348 e. The highest BCUT2D eigenvalue weighted by molar-refractivity contribution is 5.85. The number of hydrogen-bond donors (Lipinski definition) is 2. The maximum absolute atomic E-state index is 11.2. The van der Waals surface area contributed by atoms with Crippen molar-refractivity contribution in [3.8, 4) is 0 Å². The van der Waals surface area contributed by atoms with Crippen molar-refractivity contribution in [3.05, 3.63) is 39.9 Å². The van der Waals surface area contributed by atoms with Gasteiger partial charge in [0.25, 0.3) is 5.69 Å². The zero-order chi connectivity index (χ0) is 12.8. The number of amides is 1. The molecule has 1 rings (SSSR count). The van der Waals surface area contributed by atoms with Gasteiger partial charge in [-0.25, -0.2) is 0 Å². The fourth-order valence-electron chi connectivity index (χ4n) is 1.53. The van der Waals surface area contributed by atoms with Crippen molar-refractivity contribution in [2.24, 2.45) is 5.73 Å². The van der Waals surface area contributed by atoms with Gasteiger partial charge in [0.15, 0.2) is 0 Å². The Labute approximate surface area is 111 Å². The molecule has 0 aliphatic carbocycles. The van der Waals surface area contributed by atoms with Crippen LogP contribution in [0.2, 0.25) is 0 Å². The highest BCUT2D eigenvalue weighted by atomic mass is 35.5. The molecule has 3 N–H and O–H groups in total. The molecular weight excluding hydrogens is 258 g/mol. The number of benzene rings is 1. The van der Waals surface area contributed by atoms with Gasteiger partial charge in [-0.3, -0.25) is 14.9 Å². The second-order valence-electron chi connectivity index (χ2n) is 3.58. The van der Waals surface area contributed by atoms with E-state index < -0.39 is 4.92 Å². The van der Waals surface area contributed by atoms with Crippen LogP contribution in [0.3, 0.4) is 0 Å². The van der Waals surface area contributed by atoms with E-state index in [0.29, 0.717) is 12.0 Å². The monoisotopic (exact) mass is 273 g/mol. The maximum Gasteiger partial charge on any atom is 0.269 e. The normalized spacial score (nSPS) is 11.2. The Morgan fingerprint density at radius 2 is 2.22 bits per heavy atom. The van der Waals surface area contributed by atoms with Gasteiger partial charge >= 0.3 is 0 Å². The lowest BCUT2D eigenvalue weighted by molar-refractivity contribution is -0.384. The summed E-state index contributed by atoms with van der Waals surface area (Å²) in [7, 11) is 0. The number of nitro groups is 1. The first-order valence-corrected chi connectivity index (χ1v) is 5.32. The third-order valence-electron chi connectivity index (χ3n) is 2.41. The Balaban J connectivity index is 0.00000289. The van der Waals surface area contributed by atoms with Gasteiger partial charge in [-0.1, -0.05) is 19.1 Å². The van der Waals surface area contributed by atoms with Crippen LogP contribution >= 0.6 is 12.4 Å². The summed E-state index contributed by atoms with van der Waals surface area (Å²) in [5.41, 5.74) is 5.94. The third-order valence-corrected chi connectivity index (χ3v) is 2.41. The second kappa shape index (κ2) is 7.62. The summed E-state index contributed by atoms with van der Waals surface area (Å²) in [6.45, 7) is 1.80. The van der Waals surface area contributed by atoms with Crippen molar-refractivity contribution in [1.29, 1.82) is 0 Å². The SMILES string of the molecule is CCC(NC(=O)CN)c1cccc([N+](=O)[O-])c1.Cl. The zero-order valence-corrected chi connectivity index (χ0v) is 10.8. The molecule has 0 aliphatic heterocycles. The first kappa shape index (κ1) is 16.3. The Bertz CT molecular complexity index is 426. The topological polar surface area (TPSA) is 98.3 Å². The van der Waals surface area contributed by atoms with Gasteiger partial charge < -0.3 is 11.1 Å². The summed E-state index contributed by atoms with van der Waals surface area (Å²) in [6, 6.07) is 5.99. The fourth-order valence-corrected chi connectivity index (χ4v) is 1.53. The lowest BCUT2D eigenvalue weighted by atomic mass is 10.0. The van der Waals surface area contributed by atoms with Crippen LogP contribution in [0.25, 0.3) is 0 Å². The number of nitrogens with zero attached hydrogens (tertiary/aromatic N) is 1. The standard InChI is InChI=1S/C11H15N3O3.ClH/c1-2-10(13-11(15)7-12)8-4-3-5-9(6-8)14(16)17;/h3-6,10H,2,7,12H2,1H3,(H,13,15);1H. The Morgan fingerprint density at radius 1 is 1.56 bits per heavy atom. The highest BCUT2D eigenvalue weighted by Gasteiger charge is 2.14. The molecule has 1 unspecified atom stereocenters. The number of halogens is 1. The molecule has 0 aromatic heterocycles. The van der Waals surface area contributed by atoms with E-state index in [1.54, 1.807) is 12.1 Å². The maximum atomic E-state index is 11.2. The number of rotatable bonds is 5. The molecule has 18 heavy (non-hydrogen) atoms. The molecule has 1 aromatic carbocycles. The lowest BCUT2D eigenvalue weighted by Gasteiger charge is -2.16. The number of nitro benzene ring substituents is 1. The van der Waals surface area contributed by atoms with Gasteiger partial charge in [0.1, 0.15) is 0 Å². The molecule has 0 bridgehead atoms. The number of non-ortho nitro benzene ring substituents is 1. The summed E-state index contributed by atoms with van der Waals surface area (Å²) in [6.07, 6.45) is 0.646. The van der Waals surface area contributed by atoms with E-state index in [1.165, 1.54) is 12.1 Å². The minimum absolute atomic E-state index is 0. The van der Waals surface area contributed by atoms with Crippen LogP contribution < -0.4 is 11.1 Å². The first-order chi connectivity index (χ1) is 8.08. The molecule has 0 spiro atoms. The minimum Gasteiger partial charge on any atom is -0.348 e. The number of nitrogens with two attached hydrogens (primary N) is 1. The number of nitrogens with one attached hydrogen (secondary N) is 1. The van der Waals surface area contributed by atoms with E-state index >= 15 is 0 Å². The van der Waals surface area contributed by atoms with Crippen LogP contribution in [-0.2, 0) is 4.79 Å². The van der Waals surface area contributed by atoms with Crippen molar-refractivity contribution in [2.45, 2.75) is 19.4 Å². The van der Waals surface area contributed by atoms with E-state index in [0.717, 1.165) is 0 Å². The average molecular weight is 274 g/mol. The molecule has 6 nitrogen and oxygen atoms in total. The lowest BCUT2D eigenvalue weighted by Crippen LogP contribution is -2.33. The zero-order valence-electron chi connectivity index (χ0n) is 9.96. The third kappa shape index (κ3) is 4.31. The average Bonchev–Trinajstić information content (AvgIpc) is 2.35. The molecular formula is C11H16ClN3O3. The van der Waals surface area contributed by atoms with Crippen molar-refractivity contribution < 1.29 is 9.72 Å². The van der Waals surface area contributed by atoms with Gasteiger partial charge in [0.05, 0.1) is 17.5 Å². The molecule has 0 fully saturated rings. The van der Waals surface area contributed by atoms with Crippen molar-refractivity contribution >= 4 is 24.0 Å². The predicted molar refractivity (Wildman–Crippen MR) is 70.6 cm³/mol. The van der Waals surface area contributed by atoms with E-state index in [2.05, 4.69) is 5.32 Å². The predicted octanol–water partition coefficient (Wildman–Crippen LogP) is 1.54. The second-order valence-corrected chi connectivity index (χ2v) is 3.58. The van der Waals surface area contributed by atoms with Crippen LogP contribution in [-0.4, -0.2) is 17.4 Å². The first-order valence-electron chi connectivity index (χ1n) is 5.32. The van der Waals surface area contributed by atoms with Crippen molar-refractivity contribution in [3.63, 3.8) is 0 Å². The summed E-state index contributed by atoms with van der Waals surface area (Å²) in [4.78, 5) is 21.4. The van der Waals surface area contributed by atoms with Gasteiger partial charge in [0.2, 0.25) is 5.91 Å². The smallest absolute Gasteiger partial charge is 0.269 e. The summed E-state index contributed by atoms with van der Waals surface area (Å²) < 4.78 is 0. The Morgan fingerprint density at radius 3 is 2.72 bits per heavy atom. The van der Waals surface area contributed by atoms with Gasteiger partial charge in [0, 0.05) is 12.1 Å². The molecule has 100 valence electrons. The Hall–Kier alpha value is -1.66.